The van der Waals surface area contributed by atoms with Crippen molar-refractivity contribution in [2.24, 2.45) is 0 Å². The monoisotopic (exact) mass is 295 g/mol. The summed E-state index contributed by atoms with van der Waals surface area (Å²) in [5, 5.41) is 13.7. The van der Waals surface area contributed by atoms with Crippen molar-refractivity contribution < 1.29 is 19.5 Å². The van der Waals surface area contributed by atoms with Gasteiger partial charge in [-0.05, 0) is 12.1 Å². The van der Waals surface area contributed by atoms with Gasteiger partial charge in [-0.3, -0.25) is 10.1 Å². The van der Waals surface area contributed by atoms with Gasteiger partial charge in [0, 0.05) is 12.7 Å². The predicted molar refractivity (Wildman–Crippen MR) is 73.7 cm³/mol. The third kappa shape index (κ3) is 5.11. The third-order valence-electron chi connectivity index (χ3n) is 2.00. The van der Waals surface area contributed by atoms with Crippen LogP contribution in [0, 0.1) is 0 Å². The van der Waals surface area contributed by atoms with Crippen LogP contribution in [0.2, 0.25) is 0 Å². The molecule has 0 aliphatic carbocycles. The second-order valence-corrected chi connectivity index (χ2v) is 4.46. The number of carbonyl (C=O) groups excluding carboxylic acids is 2. The van der Waals surface area contributed by atoms with Gasteiger partial charge in [-0.25, -0.2) is 14.6 Å². The van der Waals surface area contributed by atoms with Crippen molar-refractivity contribution in [2.45, 2.75) is 5.03 Å². The molecule has 8 heteroatoms. The number of aromatic carboxylic acids is 1. The van der Waals surface area contributed by atoms with Gasteiger partial charge in [0.15, 0.2) is 0 Å². The number of rotatable bonds is 6. The third-order valence-corrected chi connectivity index (χ3v) is 3.01. The Bertz CT molecular complexity index is 533. The highest BCUT2D eigenvalue weighted by molar-refractivity contribution is 8.00. The molecule has 7 nitrogen and oxygen atoms in total. The maximum atomic E-state index is 11.5. The molecule has 1 aromatic rings. The van der Waals surface area contributed by atoms with Crippen molar-refractivity contribution in [1.29, 1.82) is 0 Å². The number of hydrogen-bond acceptors (Lipinski definition) is 5. The second kappa shape index (κ2) is 7.95. The van der Waals surface area contributed by atoms with Crippen LogP contribution in [-0.2, 0) is 4.79 Å². The molecule has 20 heavy (non-hydrogen) atoms. The quantitative estimate of drug-likeness (QED) is 0.531. The van der Waals surface area contributed by atoms with E-state index in [0.29, 0.717) is 0 Å². The van der Waals surface area contributed by atoms with Gasteiger partial charge in [-0.1, -0.05) is 17.8 Å². The molecule has 0 aliphatic rings. The number of carboxylic acids is 1. The highest BCUT2D eigenvalue weighted by Crippen LogP contribution is 2.19. The van der Waals surface area contributed by atoms with Crippen LogP contribution in [0.4, 0.5) is 4.79 Å². The van der Waals surface area contributed by atoms with E-state index in [-0.39, 0.29) is 22.9 Å². The van der Waals surface area contributed by atoms with E-state index in [2.05, 4.69) is 22.2 Å². The Kier molecular flexibility index (Phi) is 6.24. The number of thioether (sulfide) groups is 1. The average molecular weight is 295 g/mol. The number of amides is 3. The van der Waals surface area contributed by atoms with Crippen LogP contribution in [0.25, 0.3) is 0 Å². The van der Waals surface area contributed by atoms with E-state index in [0.717, 1.165) is 11.8 Å². The lowest BCUT2D eigenvalue weighted by Crippen LogP contribution is -2.40. The smallest absolute Gasteiger partial charge is 0.338 e. The van der Waals surface area contributed by atoms with Crippen molar-refractivity contribution in [3.63, 3.8) is 0 Å². The molecule has 0 saturated heterocycles. The maximum absolute atomic E-state index is 11.5. The largest absolute Gasteiger partial charge is 0.478 e. The molecule has 1 aromatic heterocycles. The van der Waals surface area contributed by atoms with Crippen LogP contribution in [0.15, 0.2) is 36.0 Å². The Morgan fingerprint density at radius 3 is 2.85 bits per heavy atom. The number of urea groups is 1. The first-order valence-corrected chi connectivity index (χ1v) is 6.53. The minimum absolute atomic E-state index is 0.0152. The summed E-state index contributed by atoms with van der Waals surface area (Å²) >= 11 is 0.945. The first kappa shape index (κ1) is 15.7. The van der Waals surface area contributed by atoms with Crippen molar-refractivity contribution >= 4 is 29.7 Å². The molecule has 1 heterocycles. The van der Waals surface area contributed by atoms with Gasteiger partial charge < -0.3 is 10.4 Å². The first-order chi connectivity index (χ1) is 9.54. The molecular formula is C12H13N3O4S. The summed E-state index contributed by atoms with van der Waals surface area (Å²) in [5.41, 5.74) is 0.0152. The molecule has 0 spiro atoms. The molecule has 1 rings (SSSR count). The zero-order valence-corrected chi connectivity index (χ0v) is 11.3. The van der Waals surface area contributed by atoms with Crippen LogP contribution in [-0.4, -0.2) is 40.3 Å². The Hall–Kier alpha value is -2.35. The molecule has 0 unspecified atom stereocenters. The number of nitrogens with zero attached hydrogens (tertiary/aromatic N) is 1. The minimum Gasteiger partial charge on any atom is -0.478 e. The number of pyridine rings is 1. The van der Waals surface area contributed by atoms with Gasteiger partial charge in [-0.15, -0.1) is 6.58 Å². The van der Waals surface area contributed by atoms with E-state index in [1.165, 1.54) is 24.4 Å². The fraction of sp³-hybridized carbons (Fsp3) is 0.167. The molecule has 106 valence electrons. The van der Waals surface area contributed by atoms with E-state index >= 15 is 0 Å². The number of carbonyl (C=O) groups is 3. The van der Waals surface area contributed by atoms with Crippen molar-refractivity contribution in [2.75, 3.05) is 12.3 Å². The lowest BCUT2D eigenvalue weighted by Gasteiger charge is -2.05. The van der Waals surface area contributed by atoms with E-state index in [1.807, 2.05) is 0 Å². The first-order valence-electron chi connectivity index (χ1n) is 5.54. The molecule has 0 bridgehead atoms. The number of nitrogens with one attached hydrogen (secondary N) is 2. The summed E-state index contributed by atoms with van der Waals surface area (Å²) < 4.78 is 0. The van der Waals surface area contributed by atoms with Crippen LogP contribution >= 0.6 is 11.8 Å². The summed E-state index contributed by atoms with van der Waals surface area (Å²) in [6.45, 7) is 3.66. The SMILES string of the molecule is C=CCNC(=O)NC(=O)CSc1ncccc1C(=O)O. The van der Waals surface area contributed by atoms with Crippen molar-refractivity contribution in [3.8, 4) is 0 Å². The number of carboxylic acid groups (broad SMARTS) is 1. The zero-order valence-electron chi connectivity index (χ0n) is 10.5. The van der Waals surface area contributed by atoms with Gasteiger partial charge in [-0.2, -0.15) is 0 Å². The topological polar surface area (TPSA) is 108 Å². The van der Waals surface area contributed by atoms with Gasteiger partial charge in [0.05, 0.1) is 11.3 Å². The second-order valence-electron chi connectivity index (χ2n) is 3.50. The lowest BCUT2D eigenvalue weighted by molar-refractivity contribution is -0.117. The minimum atomic E-state index is -1.12. The summed E-state index contributed by atoms with van der Waals surface area (Å²) in [6, 6.07) is 2.26. The molecule has 0 aliphatic heterocycles. The predicted octanol–water partition coefficient (Wildman–Crippen LogP) is 0.884. The normalized spacial score (nSPS) is 9.60. The Morgan fingerprint density at radius 1 is 1.45 bits per heavy atom. The van der Waals surface area contributed by atoms with Crippen LogP contribution in [0.5, 0.6) is 0 Å². The van der Waals surface area contributed by atoms with Gasteiger partial charge in [0.25, 0.3) is 0 Å². The molecule has 0 saturated carbocycles. The molecule has 0 fully saturated rings. The molecule has 0 radical (unpaired) electrons. The number of aromatic nitrogens is 1. The molecular weight excluding hydrogens is 282 g/mol. The standard InChI is InChI=1S/C12H13N3O4S/c1-2-5-14-12(19)15-9(16)7-20-10-8(11(17)18)4-3-6-13-10/h2-4,6H,1,5,7H2,(H,17,18)(H2,14,15,16,19). The van der Waals surface area contributed by atoms with Crippen molar-refractivity contribution in [3.05, 3.63) is 36.5 Å². The van der Waals surface area contributed by atoms with Crippen LogP contribution in [0.3, 0.4) is 0 Å². The fourth-order valence-electron chi connectivity index (χ4n) is 1.17. The van der Waals surface area contributed by atoms with Gasteiger partial charge >= 0.3 is 12.0 Å². The maximum Gasteiger partial charge on any atom is 0.338 e. The number of imide groups is 1. The molecule has 0 atom stereocenters. The molecule has 0 aromatic carbocycles. The fourth-order valence-corrected chi connectivity index (χ4v) is 1.96. The van der Waals surface area contributed by atoms with Gasteiger partial charge in [0.1, 0.15) is 5.03 Å². The van der Waals surface area contributed by atoms with E-state index in [4.69, 9.17) is 5.11 Å². The number of hydrogen-bond donors (Lipinski definition) is 3. The summed E-state index contributed by atoms with van der Waals surface area (Å²) in [5.74, 6) is -1.78. The molecule has 3 N–H and O–H groups in total. The van der Waals surface area contributed by atoms with Gasteiger partial charge in [0.2, 0.25) is 5.91 Å². The average Bonchev–Trinajstić information content (AvgIpc) is 2.43. The highest BCUT2D eigenvalue weighted by atomic mass is 32.2. The van der Waals surface area contributed by atoms with Crippen molar-refractivity contribution in [1.82, 2.24) is 15.6 Å². The van der Waals surface area contributed by atoms with Crippen LogP contribution in [0.1, 0.15) is 10.4 Å². The van der Waals surface area contributed by atoms with E-state index in [9.17, 15) is 14.4 Å². The highest BCUT2D eigenvalue weighted by Gasteiger charge is 2.13. The zero-order chi connectivity index (χ0) is 15.0. The Labute approximate surface area is 119 Å². The Morgan fingerprint density at radius 2 is 2.20 bits per heavy atom. The lowest BCUT2D eigenvalue weighted by atomic mass is 10.3. The van der Waals surface area contributed by atoms with E-state index < -0.39 is 17.9 Å². The summed E-state index contributed by atoms with van der Waals surface area (Å²) in [6.07, 6.45) is 2.91. The summed E-state index contributed by atoms with van der Waals surface area (Å²) in [4.78, 5) is 37.5. The van der Waals surface area contributed by atoms with E-state index in [1.54, 1.807) is 0 Å². The Balaban J connectivity index is 2.51. The molecule has 3 amide bonds. The van der Waals surface area contributed by atoms with Crippen LogP contribution < -0.4 is 10.6 Å². The summed E-state index contributed by atoms with van der Waals surface area (Å²) in [7, 11) is 0.